The smallest absolute Gasteiger partial charge is 0.322 e. The molecule has 0 radical (unpaired) electrons. The molecule has 2 aliphatic heterocycles. The fraction of sp³-hybridized carbons (Fsp3) is 0.556. The van der Waals surface area contributed by atoms with Crippen molar-refractivity contribution >= 4 is 29.2 Å². The Morgan fingerprint density at radius 3 is 2.83 bits per heavy atom. The molecule has 2 heterocycles. The maximum Gasteiger partial charge on any atom is 0.322 e. The van der Waals surface area contributed by atoms with Gasteiger partial charge >= 0.3 is 6.03 Å². The Bertz CT molecular complexity index is 635. The Kier molecular flexibility index (Phi) is 5.29. The number of anilines is 1. The van der Waals surface area contributed by atoms with E-state index in [1.807, 2.05) is 28.9 Å². The molecule has 2 saturated heterocycles. The molecule has 6 heteroatoms. The van der Waals surface area contributed by atoms with Crippen molar-refractivity contribution in [3.05, 3.63) is 28.8 Å². The molecule has 0 unspecified atom stereocenters. The maximum absolute atomic E-state index is 12.7. The van der Waals surface area contributed by atoms with Crippen LogP contribution >= 0.6 is 11.6 Å². The Labute approximate surface area is 147 Å². The van der Waals surface area contributed by atoms with Gasteiger partial charge in [0, 0.05) is 36.8 Å². The largest absolute Gasteiger partial charge is 0.341 e. The van der Waals surface area contributed by atoms with Gasteiger partial charge in [-0.2, -0.15) is 0 Å². The maximum atomic E-state index is 12.7. The second-order valence-corrected chi connectivity index (χ2v) is 7.11. The van der Waals surface area contributed by atoms with Gasteiger partial charge in [0.15, 0.2) is 0 Å². The number of urea groups is 1. The third-order valence-electron chi connectivity index (χ3n) is 4.92. The van der Waals surface area contributed by atoms with Gasteiger partial charge in [0.05, 0.1) is 6.04 Å². The molecule has 0 aliphatic carbocycles. The highest BCUT2D eigenvalue weighted by Crippen LogP contribution is 2.24. The van der Waals surface area contributed by atoms with Gasteiger partial charge in [0.2, 0.25) is 5.91 Å². The van der Waals surface area contributed by atoms with Crippen LogP contribution in [0.1, 0.15) is 37.7 Å². The highest BCUT2D eigenvalue weighted by atomic mass is 35.5. The molecule has 0 bridgehead atoms. The second kappa shape index (κ2) is 7.43. The van der Waals surface area contributed by atoms with Crippen LogP contribution in [0.2, 0.25) is 5.02 Å². The van der Waals surface area contributed by atoms with Gasteiger partial charge in [-0.1, -0.05) is 11.6 Å². The molecule has 1 aromatic rings. The van der Waals surface area contributed by atoms with Gasteiger partial charge < -0.3 is 15.1 Å². The van der Waals surface area contributed by atoms with Gasteiger partial charge in [-0.3, -0.25) is 4.79 Å². The van der Waals surface area contributed by atoms with E-state index in [1.54, 1.807) is 6.07 Å². The first-order valence-electron chi connectivity index (χ1n) is 8.66. The number of benzene rings is 1. The minimum absolute atomic E-state index is 0.0863. The molecule has 3 rings (SSSR count). The molecule has 3 amide bonds. The number of rotatable bonds is 3. The predicted molar refractivity (Wildman–Crippen MR) is 95.4 cm³/mol. The Morgan fingerprint density at radius 2 is 2.12 bits per heavy atom. The van der Waals surface area contributed by atoms with Crippen molar-refractivity contribution in [2.75, 3.05) is 25.0 Å². The molecule has 1 N–H and O–H groups in total. The molecule has 5 nitrogen and oxygen atoms in total. The molecule has 1 atom stereocenters. The van der Waals surface area contributed by atoms with E-state index in [0.29, 0.717) is 18.0 Å². The summed E-state index contributed by atoms with van der Waals surface area (Å²) in [6.07, 6.45) is 4.65. The van der Waals surface area contributed by atoms with Crippen molar-refractivity contribution in [1.29, 1.82) is 0 Å². The van der Waals surface area contributed by atoms with Crippen LogP contribution in [0, 0.1) is 6.92 Å². The number of halogens is 1. The molecule has 0 spiro atoms. The first-order valence-corrected chi connectivity index (χ1v) is 9.04. The van der Waals surface area contributed by atoms with Crippen LogP contribution in [0.25, 0.3) is 0 Å². The number of nitrogens with zero attached hydrogens (tertiary/aromatic N) is 2. The topological polar surface area (TPSA) is 52.7 Å². The van der Waals surface area contributed by atoms with E-state index in [1.165, 1.54) is 0 Å². The monoisotopic (exact) mass is 349 g/mol. The summed E-state index contributed by atoms with van der Waals surface area (Å²) in [7, 11) is 0. The van der Waals surface area contributed by atoms with Crippen molar-refractivity contribution in [2.24, 2.45) is 0 Å². The van der Waals surface area contributed by atoms with E-state index in [4.69, 9.17) is 11.6 Å². The summed E-state index contributed by atoms with van der Waals surface area (Å²) in [6.45, 7) is 4.15. The summed E-state index contributed by atoms with van der Waals surface area (Å²) in [4.78, 5) is 28.4. The third-order valence-corrected chi connectivity index (χ3v) is 5.16. The highest BCUT2D eigenvalue weighted by molar-refractivity contribution is 6.30. The number of carbonyl (C=O) groups excluding carboxylic acids is 2. The summed E-state index contributed by atoms with van der Waals surface area (Å²) in [6, 6.07) is 5.47. The number of piperidine rings is 1. The third kappa shape index (κ3) is 3.83. The van der Waals surface area contributed by atoms with Gasteiger partial charge in [-0.15, -0.1) is 0 Å². The van der Waals surface area contributed by atoms with E-state index in [9.17, 15) is 9.59 Å². The minimum atomic E-state index is -0.0863. The van der Waals surface area contributed by atoms with Crippen LogP contribution in [0.4, 0.5) is 10.5 Å². The predicted octanol–water partition coefficient (Wildman–Crippen LogP) is 3.66. The summed E-state index contributed by atoms with van der Waals surface area (Å²) in [5.74, 6) is 0.217. The number of likely N-dealkylation sites (tertiary alicyclic amines) is 2. The van der Waals surface area contributed by atoms with Crippen molar-refractivity contribution < 1.29 is 9.59 Å². The minimum Gasteiger partial charge on any atom is -0.341 e. The van der Waals surface area contributed by atoms with E-state index >= 15 is 0 Å². The quantitative estimate of drug-likeness (QED) is 0.905. The highest BCUT2D eigenvalue weighted by Gasteiger charge is 2.31. The molecule has 1 aromatic carbocycles. The average Bonchev–Trinajstić information content (AvgIpc) is 2.95. The molecule has 0 saturated carbocycles. The normalized spacial score (nSPS) is 21.2. The lowest BCUT2D eigenvalue weighted by Crippen LogP contribution is -2.51. The number of carbonyl (C=O) groups is 2. The van der Waals surface area contributed by atoms with Gasteiger partial charge in [0.1, 0.15) is 0 Å². The fourth-order valence-corrected chi connectivity index (χ4v) is 3.79. The zero-order chi connectivity index (χ0) is 17.1. The Balaban J connectivity index is 1.67. The Morgan fingerprint density at radius 1 is 1.29 bits per heavy atom. The zero-order valence-electron chi connectivity index (χ0n) is 14.1. The summed E-state index contributed by atoms with van der Waals surface area (Å²) >= 11 is 5.97. The molecule has 0 aromatic heterocycles. The number of amides is 3. The standard InChI is InChI=1S/C18H24ClN3O2/c1-13-11-14(19)7-8-16(13)20-18(24)22-10-3-2-5-15(22)12-21-9-4-6-17(21)23/h7-8,11,15H,2-6,9-10,12H2,1H3,(H,20,24)/t15-/m0/s1. The van der Waals surface area contributed by atoms with Crippen molar-refractivity contribution in [1.82, 2.24) is 9.80 Å². The van der Waals surface area contributed by atoms with E-state index in [2.05, 4.69) is 5.32 Å². The molecular weight excluding hydrogens is 326 g/mol. The van der Waals surface area contributed by atoms with Crippen molar-refractivity contribution in [3.63, 3.8) is 0 Å². The first kappa shape index (κ1) is 17.1. The van der Waals surface area contributed by atoms with Gasteiger partial charge in [0.25, 0.3) is 0 Å². The summed E-state index contributed by atoms with van der Waals surface area (Å²) in [5, 5.41) is 3.66. The SMILES string of the molecule is Cc1cc(Cl)ccc1NC(=O)N1CCCC[C@H]1CN1CCCC1=O. The molecule has 130 valence electrons. The number of nitrogens with one attached hydrogen (secondary N) is 1. The second-order valence-electron chi connectivity index (χ2n) is 6.68. The van der Waals surface area contributed by atoms with Crippen LogP contribution in [0.5, 0.6) is 0 Å². The van der Waals surface area contributed by atoms with Crippen LogP contribution in [0.15, 0.2) is 18.2 Å². The lowest BCUT2D eigenvalue weighted by molar-refractivity contribution is -0.128. The van der Waals surface area contributed by atoms with Crippen molar-refractivity contribution in [2.45, 2.75) is 45.1 Å². The lowest BCUT2D eigenvalue weighted by atomic mass is 10.0. The van der Waals surface area contributed by atoms with E-state index in [0.717, 1.165) is 50.0 Å². The average molecular weight is 350 g/mol. The van der Waals surface area contributed by atoms with Crippen molar-refractivity contribution in [3.8, 4) is 0 Å². The van der Waals surface area contributed by atoms with Gasteiger partial charge in [-0.25, -0.2) is 4.79 Å². The fourth-order valence-electron chi connectivity index (χ4n) is 3.56. The van der Waals surface area contributed by atoms with Gasteiger partial charge in [-0.05, 0) is 56.4 Å². The Hall–Kier alpha value is -1.75. The zero-order valence-corrected chi connectivity index (χ0v) is 14.8. The summed E-state index contributed by atoms with van der Waals surface area (Å²) < 4.78 is 0. The number of hydrogen-bond donors (Lipinski definition) is 1. The molecule has 2 fully saturated rings. The first-order chi connectivity index (χ1) is 11.5. The number of aryl methyl sites for hydroxylation is 1. The summed E-state index contributed by atoms with van der Waals surface area (Å²) in [5.41, 5.74) is 1.73. The van der Waals surface area contributed by atoms with Crippen LogP contribution in [0.3, 0.4) is 0 Å². The molecular formula is C18H24ClN3O2. The van der Waals surface area contributed by atoms with Crippen LogP contribution in [-0.4, -0.2) is 47.4 Å². The van der Waals surface area contributed by atoms with E-state index < -0.39 is 0 Å². The molecule has 24 heavy (non-hydrogen) atoms. The lowest BCUT2D eigenvalue weighted by Gasteiger charge is -2.37. The molecule has 2 aliphatic rings. The van der Waals surface area contributed by atoms with Crippen LogP contribution in [-0.2, 0) is 4.79 Å². The van der Waals surface area contributed by atoms with E-state index in [-0.39, 0.29) is 18.0 Å². The van der Waals surface area contributed by atoms with Crippen LogP contribution < -0.4 is 5.32 Å². The number of hydrogen-bond acceptors (Lipinski definition) is 2.